The van der Waals surface area contributed by atoms with Crippen LogP contribution in [0.4, 0.5) is 0 Å². The molecule has 4 atom stereocenters. The molecule has 0 fully saturated rings. The van der Waals surface area contributed by atoms with Gasteiger partial charge >= 0.3 is 17.9 Å². The van der Waals surface area contributed by atoms with Crippen molar-refractivity contribution in [1.29, 1.82) is 0 Å². The number of H-pyrrole nitrogens is 2. The van der Waals surface area contributed by atoms with Crippen molar-refractivity contribution in [2.75, 3.05) is 21.3 Å². The standard InChI is InChI=1S/C36H42N4O6/c1-10-21-17(3)24-14-26-19(5)23(12-13-30(41)44-7)33(39-26)32(36(43)46-9)34-31(35(42)45-8)20(6)27(40-34)16-29-22(11-2)18(4)25(38-29)15-28(21)37-24/h10,14-16,18-19,22-23,37,40H,1,11-13H2,2-9H3/t18?,19?,22?,23-/m1/s1. The normalized spacial score (nSPS) is 19.0. The molecule has 0 saturated carbocycles. The first-order chi connectivity index (χ1) is 22.0. The molecule has 0 aliphatic carbocycles. The Hall–Kier alpha value is -4.73. The van der Waals surface area contributed by atoms with Crippen molar-refractivity contribution in [3.8, 4) is 0 Å². The van der Waals surface area contributed by atoms with Crippen molar-refractivity contribution in [2.45, 2.75) is 77.6 Å². The third kappa shape index (κ3) is 5.50. The molecule has 10 heteroatoms. The molecule has 0 radical (unpaired) electrons. The van der Waals surface area contributed by atoms with Gasteiger partial charge in [0.2, 0.25) is 0 Å². The molecule has 3 unspecified atom stereocenters. The number of carbonyl (C=O) groups is 3. The molecule has 2 aliphatic rings. The predicted molar refractivity (Wildman–Crippen MR) is 177 cm³/mol. The summed E-state index contributed by atoms with van der Waals surface area (Å²) >= 11 is 0. The number of carbonyl (C=O) groups excluding carboxylic acids is 3. The fourth-order valence-corrected chi connectivity index (χ4v) is 6.95. The third-order valence-electron chi connectivity index (χ3n) is 9.73. The van der Waals surface area contributed by atoms with Crippen LogP contribution in [0.3, 0.4) is 0 Å². The van der Waals surface area contributed by atoms with Gasteiger partial charge in [0.15, 0.2) is 0 Å². The number of aryl methyl sites for hydroxylation is 2. The summed E-state index contributed by atoms with van der Waals surface area (Å²) in [6.07, 6.45) is 3.18. The highest BCUT2D eigenvalue weighted by Crippen LogP contribution is 2.43. The number of ether oxygens (including phenoxy) is 3. The Labute approximate surface area is 268 Å². The SMILES string of the molecule is C=Cc1c(C)c2cc3nc(c(C(=O)OC)c4[nH]c(cc5nc(cc1[nH]2)C(C)C5CC)c(C)c4C(=O)OC)[C@H](CCC(=O)OC)C3C. The van der Waals surface area contributed by atoms with E-state index in [2.05, 4.69) is 36.5 Å². The lowest BCUT2D eigenvalue weighted by Crippen LogP contribution is -2.13. The fourth-order valence-electron chi connectivity index (χ4n) is 6.95. The molecular formula is C36H42N4O6. The van der Waals surface area contributed by atoms with Crippen LogP contribution in [-0.2, 0) is 19.0 Å². The van der Waals surface area contributed by atoms with E-state index in [4.69, 9.17) is 24.2 Å². The van der Waals surface area contributed by atoms with Gasteiger partial charge < -0.3 is 24.2 Å². The van der Waals surface area contributed by atoms with Crippen LogP contribution in [0.15, 0.2) is 24.8 Å². The van der Waals surface area contributed by atoms with Crippen LogP contribution in [0, 0.1) is 13.8 Å². The van der Waals surface area contributed by atoms with Crippen molar-refractivity contribution in [1.82, 2.24) is 19.9 Å². The van der Waals surface area contributed by atoms with Gasteiger partial charge in [0.25, 0.3) is 0 Å². The molecule has 10 nitrogen and oxygen atoms in total. The van der Waals surface area contributed by atoms with Gasteiger partial charge in [0.1, 0.15) is 5.56 Å². The lowest BCUT2D eigenvalue weighted by atomic mass is 9.85. The fraction of sp³-hybridized carbons (Fsp3) is 0.417. The van der Waals surface area contributed by atoms with Gasteiger partial charge in [-0.3, -0.25) is 14.8 Å². The average Bonchev–Trinajstić information content (AvgIpc) is 3.72. The topological polar surface area (TPSA) is 136 Å². The number of fused-ring (bicyclic) bond motifs is 8. The minimum Gasteiger partial charge on any atom is -0.469 e. The van der Waals surface area contributed by atoms with Crippen molar-refractivity contribution in [2.24, 2.45) is 0 Å². The van der Waals surface area contributed by atoms with Crippen LogP contribution in [-0.4, -0.2) is 59.2 Å². The summed E-state index contributed by atoms with van der Waals surface area (Å²) in [5, 5.41) is 0. The summed E-state index contributed by atoms with van der Waals surface area (Å²) in [5.74, 6) is -1.91. The molecule has 3 aromatic heterocycles. The minimum atomic E-state index is -0.662. The maximum Gasteiger partial charge on any atom is 0.341 e. The van der Waals surface area contributed by atoms with Crippen LogP contribution in [0.25, 0.3) is 28.1 Å². The maximum absolute atomic E-state index is 13.7. The minimum absolute atomic E-state index is 0.118. The molecule has 0 spiro atoms. The van der Waals surface area contributed by atoms with Gasteiger partial charge in [-0.25, -0.2) is 9.59 Å². The Bertz CT molecular complexity index is 1900. The van der Waals surface area contributed by atoms with E-state index < -0.39 is 11.9 Å². The zero-order valence-corrected chi connectivity index (χ0v) is 27.8. The second-order valence-electron chi connectivity index (χ2n) is 12.1. The van der Waals surface area contributed by atoms with Gasteiger partial charge in [-0.2, -0.15) is 0 Å². The van der Waals surface area contributed by atoms with Crippen LogP contribution < -0.4 is 0 Å². The third-order valence-corrected chi connectivity index (χ3v) is 9.73. The lowest BCUT2D eigenvalue weighted by molar-refractivity contribution is -0.140. The second-order valence-corrected chi connectivity index (χ2v) is 12.1. The summed E-state index contributed by atoms with van der Waals surface area (Å²) in [6.45, 7) is 14.3. The van der Waals surface area contributed by atoms with Crippen molar-refractivity contribution in [3.63, 3.8) is 0 Å². The van der Waals surface area contributed by atoms with Crippen LogP contribution in [0.2, 0.25) is 0 Å². The number of aromatic amines is 2. The highest BCUT2D eigenvalue weighted by molar-refractivity contribution is 6.09. The number of esters is 3. The van der Waals surface area contributed by atoms with E-state index in [0.717, 1.165) is 40.0 Å². The lowest BCUT2D eigenvalue weighted by Gasteiger charge is -2.17. The van der Waals surface area contributed by atoms with E-state index in [1.54, 1.807) is 0 Å². The number of methoxy groups -OCH3 is 3. The van der Waals surface area contributed by atoms with Crippen LogP contribution >= 0.6 is 0 Å². The number of nitrogens with one attached hydrogen (secondary N) is 2. The zero-order chi connectivity index (χ0) is 33.4. The summed E-state index contributed by atoms with van der Waals surface area (Å²) in [7, 11) is 3.95. The average molecular weight is 627 g/mol. The molecule has 0 saturated heterocycles. The number of nitrogens with zero attached hydrogens (tertiary/aromatic N) is 2. The quantitative estimate of drug-likeness (QED) is 0.206. The van der Waals surface area contributed by atoms with Gasteiger partial charge in [0.05, 0.1) is 38.1 Å². The molecule has 2 N–H and O–H groups in total. The van der Waals surface area contributed by atoms with E-state index in [1.807, 2.05) is 39.0 Å². The summed E-state index contributed by atoms with van der Waals surface area (Å²) in [5.41, 5.74) is 8.52. The highest BCUT2D eigenvalue weighted by Gasteiger charge is 2.36. The molecule has 0 aromatic carbocycles. The van der Waals surface area contributed by atoms with Crippen molar-refractivity contribution < 1.29 is 28.6 Å². The van der Waals surface area contributed by atoms with E-state index in [1.165, 1.54) is 21.3 Å². The van der Waals surface area contributed by atoms with Crippen LogP contribution in [0.5, 0.6) is 0 Å². The molecule has 242 valence electrons. The van der Waals surface area contributed by atoms with Crippen molar-refractivity contribution >= 4 is 46.1 Å². The zero-order valence-electron chi connectivity index (χ0n) is 27.8. The summed E-state index contributed by atoms with van der Waals surface area (Å²) < 4.78 is 15.5. The number of hydrogen-bond acceptors (Lipinski definition) is 8. The van der Waals surface area contributed by atoms with Crippen molar-refractivity contribution in [3.05, 3.63) is 75.4 Å². The Kier molecular flexibility index (Phi) is 9.19. The van der Waals surface area contributed by atoms with E-state index in [0.29, 0.717) is 28.9 Å². The Morgan fingerprint density at radius 2 is 1.39 bits per heavy atom. The van der Waals surface area contributed by atoms with Gasteiger partial charge in [0, 0.05) is 69.3 Å². The smallest absolute Gasteiger partial charge is 0.341 e. The van der Waals surface area contributed by atoms with Gasteiger partial charge in [-0.15, -0.1) is 0 Å². The molecular weight excluding hydrogens is 584 g/mol. The first-order valence-electron chi connectivity index (χ1n) is 15.6. The Morgan fingerprint density at radius 3 is 2.02 bits per heavy atom. The highest BCUT2D eigenvalue weighted by atomic mass is 16.5. The molecule has 5 rings (SSSR count). The summed E-state index contributed by atoms with van der Waals surface area (Å²) in [6, 6.07) is 6.03. The Balaban J connectivity index is 2.03. The van der Waals surface area contributed by atoms with Gasteiger partial charge in [-0.05, 0) is 56.0 Å². The molecule has 0 amide bonds. The first kappa shape index (κ1) is 32.7. The van der Waals surface area contributed by atoms with E-state index in [9.17, 15) is 14.4 Å². The van der Waals surface area contributed by atoms with Gasteiger partial charge in [-0.1, -0.05) is 33.4 Å². The number of aromatic nitrogens is 4. The first-order valence-corrected chi connectivity index (χ1v) is 15.6. The molecule has 46 heavy (non-hydrogen) atoms. The largest absolute Gasteiger partial charge is 0.469 e. The summed E-state index contributed by atoms with van der Waals surface area (Å²) in [4.78, 5) is 56.5. The molecule has 3 aromatic rings. The monoisotopic (exact) mass is 626 g/mol. The Morgan fingerprint density at radius 1 is 0.804 bits per heavy atom. The predicted octanol–water partition coefficient (Wildman–Crippen LogP) is 7.29. The molecule has 5 heterocycles. The van der Waals surface area contributed by atoms with E-state index in [-0.39, 0.29) is 52.7 Å². The number of hydrogen-bond donors (Lipinski definition) is 2. The second kappa shape index (κ2) is 12.9. The molecule has 8 bridgehead atoms. The molecule has 2 aliphatic heterocycles. The maximum atomic E-state index is 13.7. The van der Waals surface area contributed by atoms with E-state index >= 15 is 0 Å². The van der Waals surface area contributed by atoms with Crippen LogP contribution in [0.1, 0.15) is 124 Å². The number of rotatable bonds is 7.